The van der Waals surface area contributed by atoms with Gasteiger partial charge in [0.1, 0.15) is 5.78 Å². The van der Waals surface area contributed by atoms with E-state index in [1.807, 2.05) is 11.8 Å². The summed E-state index contributed by atoms with van der Waals surface area (Å²) in [7, 11) is 0. The van der Waals surface area contributed by atoms with Gasteiger partial charge in [-0.15, -0.1) is 11.8 Å². The van der Waals surface area contributed by atoms with Gasteiger partial charge in [0.25, 0.3) is 0 Å². The number of hydrogen-bond donors (Lipinski definition) is 0. The predicted molar refractivity (Wildman–Crippen MR) is 109 cm³/mol. The highest BCUT2D eigenvalue weighted by Gasteiger charge is 2.23. The maximum atomic E-state index is 11.3. The van der Waals surface area contributed by atoms with E-state index in [-0.39, 0.29) is 5.78 Å². The van der Waals surface area contributed by atoms with Gasteiger partial charge in [0.05, 0.1) is 0 Å². The number of hydrogen-bond acceptors (Lipinski definition) is 3. The van der Waals surface area contributed by atoms with Crippen LogP contribution in [0.25, 0.3) is 5.57 Å². The van der Waals surface area contributed by atoms with E-state index >= 15 is 0 Å². The summed E-state index contributed by atoms with van der Waals surface area (Å²) in [5, 5.41) is 0. The van der Waals surface area contributed by atoms with Crippen molar-refractivity contribution in [2.75, 3.05) is 19.6 Å². The molecule has 0 aromatic heterocycles. The van der Waals surface area contributed by atoms with E-state index in [1.54, 1.807) is 12.5 Å². The molecule has 2 aromatic rings. The lowest BCUT2D eigenvalue weighted by molar-refractivity contribution is -0.117. The van der Waals surface area contributed by atoms with Gasteiger partial charge in [0, 0.05) is 36.7 Å². The van der Waals surface area contributed by atoms with Crippen molar-refractivity contribution in [3.63, 3.8) is 0 Å². The minimum absolute atomic E-state index is 0.290. The zero-order chi connectivity index (χ0) is 17.9. The summed E-state index contributed by atoms with van der Waals surface area (Å²) in [4.78, 5) is 15.1. The molecule has 0 aliphatic carbocycles. The second-order valence-electron chi connectivity index (χ2n) is 7.21. The molecule has 2 aromatic carbocycles. The molecule has 0 bridgehead atoms. The van der Waals surface area contributed by atoms with Crippen LogP contribution in [0.5, 0.6) is 0 Å². The minimum Gasteiger partial charge on any atom is -0.302 e. The zero-order valence-electron chi connectivity index (χ0n) is 15.3. The van der Waals surface area contributed by atoms with E-state index in [4.69, 9.17) is 0 Å². The number of rotatable bonds is 3. The van der Waals surface area contributed by atoms with E-state index in [0.29, 0.717) is 6.42 Å². The van der Waals surface area contributed by atoms with E-state index in [1.165, 1.54) is 27.2 Å². The molecule has 0 radical (unpaired) electrons. The van der Waals surface area contributed by atoms with E-state index in [0.717, 1.165) is 38.2 Å². The molecule has 0 amide bonds. The molecule has 26 heavy (non-hydrogen) atoms. The number of benzene rings is 2. The molecule has 3 heteroatoms. The molecule has 2 aliphatic rings. The number of fused-ring (bicyclic) bond motifs is 2. The van der Waals surface area contributed by atoms with E-state index < -0.39 is 0 Å². The highest BCUT2D eigenvalue weighted by atomic mass is 32.2. The van der Waals surface area contributed by atoms with Gasteiger partial charge in [-0.05, 0) is 48.1 Å². The van der Waals surface area contributed by atoms with Crippen LogP contribution in [0.3, 0.4) is 0 Å². The number of ketones is 1. The van der Waals surface area contributed by atoms with Crippen molar-refractivity contribution < 1.29 is 4.79 Å². The summed E-state index contributed by atoms with van der Waals surface area (Å²) < 4.78 is 0. The van der Waals surface area contributed by atoms with Gasteiger partial charge in [0.15, 0.2) is 0 Å². The Balaban J connectivity index is 1.69. The van der Waals surface area contributed by atoms with Gasteiger partial charge >= 0.3 is 0 Å². The average molecular weight is 364 g/mol. The second kappa shape index (κ2) is 7.81. The molecular weight excluding hydrogens is 338 g/mol. The predicted octanol–water partition coefficient (Wildman–Crippen LogP) is 5.17. The third-order valence-electron chi connectivity index (χ3n) is 5.42. The largest absolute Gasteiger partial charge is 0.302 e. The van der Waals surface area contributed by atoms with Crippen molar-refractivity contribution in [1.82, 2.24) is 4.90 Å². The van der Waals surface area contributed by atoms with Crippen molar-refractivity contribution in [2.24, 2.45) is 0 Å². The first-order valence-electron chi connectivity index (χ1n) is 9.46. The fourth-order valence-electron chi connectivity index (χ4n) is 3.98. The van der Waals surface area contributed by atoms with Crippen LogP contribution in [-0.2, 0) is 10.5 Å². The summed E-state index contributed by atoms with van der Waals surface area (Å²) in [5.41, 5.74) is 7.29. The smallest absolute Gasteiger partial charge is 0.131 e. The lowest BCUT2D eigenvalue weighted by Crippen LogP contribution is -2.32. The summed E-state index contributed by atoms with van der Waals surface area (Å²) in [5.74, 6) is 1.33. The van der Waals surface area contributed by atoms with Gasteiger partial charge in [-0.1, -0.05) is 48.0 Å². The molecule has 0 spiro atoms. The quantitative estimate of drug-likeness (QED) is 0.750. The molecule has 0 N–H and O–H groups in total. The highest BCUT2D eigenvalue weighted by molar-refractivity contribution is 7.98. The number of likely N-dealkylation sites (tertiary alicyclic amines) is 1. The molecule has 2 heterocycles. The Morgan fingerprint density at radius 3 is 2.46 bits per heavy atom. The Morgan fingerprint density at radius 1 is 1.00 bits per heavy atom. The fraction of sp³-hybridized carbons (Fsp3) is 0.348. The summed E-state index contributed by atoms with van der Waals surface area (Å²) in [6.45, 7) is 4.71. The molecular formula is C23H25NOS. The third-order valence-corrected chi connectivity index (χ3v) is 6.54. The number of piperidine rings is 1. The molecule has 1 fully saturated rings. The van der Waals surface area contributed by atoms with Crippen LogP contribution in [0.4, 0.5) is 0 Å². The van der Waals surface area contributed by atoms with Crippen LogP contribution in [0.2, 0.25) is 0 Å². The molecule has 134 valence electrons. The Labute approximate surface area is 160 Å². The van der Waals surface area contributed by atoms with Crippen LogP contribution < -0.4 is 0 Å². The van der Waals surface area contributed by atoms with Crippen molar-refractivity contribution in [3.05, 3.63) is 70.8 Å². The van der Waals surface area contributed by atoms with Crippen molar-refractivity contribution in [1.29, 1.82) is 0 Å². The van der Waals surface area contributed by atoms with Gasteiger partial charge in [-0.3, -0.25) is 4.79 Å². The molecule has 2 aliphatic heterocycles. The van der Waals surface area contributed by atoms with Crippen molar-refractivity contribution >= 4 is 23.1 Å². The van der Waals surface area contributed by atoms with Crippen LogP contribution in [0.1, 0.15) is 42.9 Å². The first kappa shape index (κ1) is 17.6. The third kappa shape index (κ3) is 3.65. The number of nitrogens with zero attached hydrogens (tertiary/aromatic N) is 1. The summed E-state index contributed by atoms with van der Waals surface area (Å²) >= 11 is 1.95. The van der Waals surface area contributed by atoms with Crippen LogP contribution >= 0.6 is 11.8 Å². The Morgan fingerprint density at radius 2 is 1.69 bits per heavy atom. The van der Waals surface area contributed by atoms with Gasteiger partial charge in [0.2, 0.25) is 0 Å². The van der Waals surface area contributed by atoms with Crippen molar-refractivity contribution in [2.45, 2.75) is 36.8 Å². The first-order chi connectivity index (χ1) is 12.7. The lowest BCUT2D eigenvalue weighted by atomic mass is 9.86. The molecule has 1 saturated heterocycles. The van der Waals surface area contributed by atoms with E-state index in [9.17, 15) is 4.79 Å². The maximum Gasteiger partial charge on any atom is 0.131 e. The van der Waals surface area contributed by atoms with E-state index in [2.05, 4.69) is 53.4 Å². The monoisotopic (exact) mass is 363 g/mol. The van der Waals surface area contributed by atoms with Crippen LogP contribution in [0, 0.1) is 0 Å². The van der Waals surface area contributed by atoms with Gasteiger partial charge < -0.3 is 4.90 Å². The fourth-order valence-corrected chi connectivity index (χ4v) is 5.05. The summed E-state index contributed by atoms with van der Waals surface area (Å²) in [6, 6.07) is 17.7. The molecule has 4 rings (SSSR count). The number of thioether (sulfide) groups is 1. The molecule has 0 atom stereocenters. The standard InChI is InChI=1S/C23H25NOS/c1-17(25)10-13-24-14-11-18(12-15-24)23-20-7-3-2-6-19(20)16-26-22-9-5-4-8-21(22)23/h2-9H,10-16H2,1H3. The SMILES string of the molecule is CC(=O)CCN1CCC(=C2c3ccccc3CSc3ccccc32)CC1. The zero-order valence-corrected chi connectivity index (χ0v) is 16.1. The average Bonchev–Trinajstić information content (AvgIpc) is 2.84. The van der Waals surface area contributed by atoms with Gasteiger partial charge in [-0.25, -0.2) is 0 Å². The highest BCUT2D eigenvalue weighted by Crippen LogP contribution is 2.43. The number of Topliss-reactive ketones (excluding diaryl/α,β-unsaturated/α-hetero) is 1. The topological polar surface area (TPSA) is 20.3 Å². The summed E-state index contributed by atoms with van der Waals surface area (Å²) in [6.07, 6.45) is 2.87. The number of carbonyl (C=O) groups excluding carboxylic acids is 1. The van der Waals surface area contributed by atoms with Gasteiger partial charge in [-0.2, -0.15) is 0 Å². The van der Waals surface area contributed by atoms with Crippen LogP contribution in [0.15, 0.2) is 59.0 Å². The minimum atomic E-state index is 0.290. The second-order valence-corrected chi connectivity index (χ2v) is 8.23. The first-order valence-corrected chi connectivity index (χ1v) is 10.5. The Hall–Kier alpha value is -1.84. The molecule has 0 saturated carbocycles. The maximum absolute atomic E-state index is 11.3. The number of carbonyl (C=O) groups is 1. The van der Waals surface area contributed by atoms with Crippen LogP contribution in [-0.4, -0.2) is 30.3 Å². The lowest BCUT2D eigenvalue weighted by Gasteiger charge is -2.30. The Kier molecular flexibility index (Phi) is 5.28. The normalized spacial score (nSPS) is 17.4. The molecule has 0 unspecified atom stereocenters. The van der Waals surface area contributed by atoms with Crippen molar-refractivity contribution in [3.8, 4) is 0 Å². The Bertz CT molecular complexity index is 795. The molecule has 2 nitrogen and oxygen atoms in total.